The van der Waals surface area contributed by atoms with Gasteiger partial charge < -0.3 is 14.6 Å². The lowest BCUT2D eigenvalue weighted by Gasteiger charge is -2.31. The normalized spacial score (nSPS) is 15.9. The summed E-state index contributed by atoms with van der Waals surface area (Å²) in [6.07, 6.45) is 3.86. The van der Waals surface area contributed by atoms with Crippen LogP contribution >= 0.6 is 11.8 Å². The van der Waals surface area contributed by atoms with E-state index in [0.717, 1.165) is 37.6 Å². The van der Waals surface area contributed by atoms with Gasteiger partial charge in [-0.25, -0.2) is 4.79 Å². The summed E-state index contributed by atoms with van der Waals surface area (Å²) in [7, 11) is 0. The number of carbonyl (C=O) groups excluding carboxylic acids is 2. The fraction of sp³-hybridized carbons (Fsp3) is 0.579. The zero-order valence-corrected chi connectivity index (χ0v) is 17.9. The molecule has 0 aliphatic carbocycles. The van der Waals surface area contributed by atoms with Gasteiger partial charge in [0.2, 0.25) is 11.9 Å². The lowest BCUT2D eigenvalue weighted by Crippen LogP contribution is -2.42. The number of carbonyl (C=O) groups is 2. The zero-order valence-electron chi connectivity index (χ0n) is 17.1. The van der Waals surface area contributed by atoms with Crippen LogP contribution in [-0.4, -0.2) is 51.6 Å². The van der Waals surface area contributed by atoms with Gasteiger partial charge in [-0.05, 0) is 44.7 Å². The highest BCUT2D eigenvalue weighted by molar-refractivity contribution is 8.00. The van der Waals surface area contributed by atoms with Crippen molar-refractivity contribution in [3.63, 3.8) is 0 Å². The molecule has 1 aliphatic rings. The maximum absolute atomic E-state index is 12.3. The molecular formula is C19H28N6O3S. The van der Waals surface area contributed by atoms with Gasteiger partial charge in [0.1, 0.15) is 5.76 Å². The number of hydrogen-bond donors (Lipinski definition) is 2. The second-order valence-corrected chi connectivity index (χ2v) is 8.53. The van der Waals surface area contributed by atoms with E-state index in [-0.39, 0.29) is 5.91 Å². The molecule has 1 unspecified atom stereocenters. The van der Waals surface area contributed by atoms with E-state index in [1.165, 1.54) is 11.8 Å². The van der Waals surface area contributed by atoms with Crippen molar-refractivity contribution in [3.8, 4) is 0 Å². The van der Waals surface area contributed by atoms with Gasteiger partial charge >= 0.3 is 6.03 Å². The Balaban J connectivity index is 1.76. The van der Waals surface area contributed by atoms with Crippen LogP contribution in [0.4, 0.5) is 10.7 Å². The van der Waals surface area contributed by atoms with Crippen LogP contribution in [0.25, 0.3) is 0 Å². The molecule has 0 aromatic carbocycles. The molecule has 158 valence electrons. The SMILES string of the molecule is CCNC(=O)NC(=O)C(C)Sc1nnc(N2CCC(C)CC2)n1Cc1ccco1. The highest BCUT2D eigenvalue weighted by Gasteiger charge is 2.26. The summed E-state index contributed by atoms with van der Waals surface area (Å²) in [5, 5.41) is 13.8. The number of furan rings is 1. The first-order chi connectivity index (χ1) is 14.0. The molecule has 2 N–H and O–H groups in total. The van der Waals surface area contributed by atoms with Crippen LogP contribution in [0, 0.1) is 5.92 Å². The molecule has 1 atom stereocenters. The smallest absolute Gasteiger partial charge is 0.321 e. The molecule has 29 heavy (non-hydrogen) atoms. The second-order valence-electron chi connectivity index (χ2n) is 7.23. The molecule has 1 saturated heterocycles. The Morgan fingerprint density at radius 3 is 2.76 bits per heavy atom. The fourth-order valence-electron chi connectivity index (χ4n) is 3.14. The Bertz CT molecular complexity index is 814. The van der Waals surface area contributed by atoms with E-state index in [2.05, 4.69) is 32.7 Å². The van der Waals surface area contributed by atoms with Crippen molar-refractivity contribution in [2.24, 2.45) is 5.92 Å². The summed E-state index contributed by atoms with van der Waals surface area (Å²) in [6, 6.07) is 3.25. The first kappa shape index (κ1) is 21.2. The molecule has 2 aromatic heterocycles. The van der Waals surface area contributed by atoms with Gasteiger partial charge in [0.15, 0.2) is 5.16 Å². The molecule has 0 bridgehead atoms. The molecule has 0 spiro atoms. The van der Waals surface area contributed by atoms with Crippen LogP contribution in [0.2, 0.25) is 0 Å². The van der Waals surface area contributed by atoms with E-state index in [9.17, 15) is 9.59 Å². The van der Waals surface area contributed by atoms with Crippen LogP contribution in [0.5, 0.6) is 0 Å². The highest BCUT2D eigenvalue weighted by atomic mass is 32.2. The van der Waals surface area contributed by atoms with Crippen molar-refractivity contribution in [2.45, 2.75) is 50.6 Å². The summed E-state index contributed by atoms with van der Waals surface area (Å²) < 4.78 is 7.50. The van der Waals surface area contributed by atoms with Crippen molar-refractivity contribution < 1.29 is 14.0 Å². The van der Waals surface area contributed by atoms with E-state index in [1.54, 1.807) is 20.1 Å². The number of imide groups is 1. The molecule has 9 nitrogen and oxygen atoms in total. The third-order valence-electron chi connectivity index (χ3n) is 4.88. The minimum Gasteiger partial charge on any atom is -0.467 e. The standard InChI is InChI=1S/C19H28N6O3S/c1-4-20-17(27)21-16(26)14(3)29-19-23-22-18(24-9-7-13(2)8-10-24)25(19)12-15-6-5-11-28-15/h5-6,11,13-14H,4,7-10,12H2,1-3H3,(H2,20,21,26,27). The lowest BCUT2D eigenvalue weighted by atomic mass is 10.00. The number of nitrogens with one attached hydrogen (secondary N) is 2. The highest BCUT2D eigenvalue weighted by Crippen LogP contribution is 2.29. The zero-order chi connectivity index (χ0) is 20.8. The minimum atomic E-state index is -0.508. The Morgan fingerprint density at radius 1 is 1.34 bits per heavy atom. The maximum Gasteiger partial charge on any atom is 0.321 e. The largest absolute Gasteiger partial charge is 0.467 e. The number of thioether (sulfide) groups is 1. The van der Waals surface area contributed by atoms with Crippen molar-refractivity contribution in [2.75, 3.05) is 24.5 Å². The first-order valence-corrected chi connectivity index (χ1v) is 10.8. The number of aromatic nitrogens is 3. The van der Waals surface area contributed by atoms with Gasteiger partial charge in [-0.15, -0.1) is 10.2 Å². The van der Waals surface area contributed by atoms with E-state index in [4.69, 9.17) is 4.42 Å². The Labute approximate surface area is 174 Å². The average molecular weight is 421 g/mol. The number of nitrogens with zero attached hydrogens (tertiary/aromatic N) is 4. The summed E-state index contributed by atoms with van der Waals surface area (Å²) in [4.78, 5) is 26.2. The van der Waals surface area contributed by atoms with Crippen LogP contribution in [0.15, 0.2) is 28.0 Å². The lowest BCUT2D eigenvalue weighted by molar-refractivity contribution is -0.119. The number of piperidine rings is 1. The van der Waals surface area contributed by atoms with Crippen molar-refractivity contribution in [1.29, 1.82) is 0 Å². The fourth-order valence-corrected chi connectivity index (χ4v) is 3.98. The number of hydrogen-bond acceptors (Lipinski definition) is 7. The topological polar surface area (TPSA) is 105 Å². The van der Waals surface area contributed by atoms with Gasteiger partial charge in [-0.1, -0.05) is 18.7 Å². The van der Waals surface area contributed by atoms with Gasteiger partial charge in [-0.2, -0.15) is 0 Å². The van der Waals surface area contributed by atoms with Crippen LogP contribution in [-0.2, 0) is 11.3 Å². The molecule has 0 saturated carbocycles. The number of amides is 3. The molecule has 0 radical (unpaired) electrons. The van der Waals surface area contributed by atoms with Gasteiger partial charge in [0.25, 0.3) is 0 Å². The molecule has 3 rings (SSSR count). The maximum atomic E-state index is 12.3. The van der Waals surface area contributed by atoms with E-state index >= 15 is 0 Å². The second kappa shape index (κ2) is 9.82. The van der Waals surface area contributed by atoms with Crippen molar-refractivity contribution >= 4 is 29.6 Å². The molecule has 1 aliphatic heterocycles. The molecular weight excluding hydrogens is 392 g/mol. The Hall–Kier alpha value is -2.49. The van der Waals surface area contributed by atoms with Crippen LogP contribution < -0.4 is 15.5 Å². The summed E-state index contributed by atoms with van der Waals surface area (Å²) in [5.41, 5.74) is 0. The van der Waals surface area contributed by atoms with E-state index < -0.39 is 11.3 Å². The van der Waals surface area contributed by atoms with Crippen LogP contribution in [0.3, 0.4) is 0 Å². The van der Waals surface area contributed by atoms with Gasteiger partial charge in [-0.3, -0.25) is 14.7 Å². The predicted octanol–water partition coefficient (Wildman–Crippen LogP) is 2.48. The first-order valence-electron chi connectivity index (χ1n) is 9.93. The molecule has 10 heteroatoms. The van der Waals surface area contributed by atoms with E-state index in [0.29, 0.717) is 24.2 Å². The molecule has 3 amide bonds. The molecule has 1 fully saturated rings. The van der Waals surface area contributed by atoms with Crippen LogP contribution in [0.1, 0.15) is 39.4 Å². The average Bonchev–Trinajstić information content (AvgIpc) is 3.34. The molecule has 3 heterocycles. The quantitative estimate of drug-likeness (QED) is 0.663. The number of rotatable bonds is 7. The predicted molar refractivity (Wildman–Crippen MR) is 111 cm³/mol. The van der Waals surface area contributed by atoms with Gasteiger partial charge in [0, 0.05) is 19.6 Å². The van der Waals surface area contributed by atoms with Crippen molar-refractivity contribution in [1.82, 2.24) is 25.4 Å². The molecule has 2 aromatic rings. The minimum absolute atomic E-state index is 0.373. The Morgan fingerprint density at radius 2 is 2.10 bits per heavy atom. The van der Waals surface area contributed by atoms with E-state index in [1.807, 2.05) is 16.7 Å². The summed E-state index contributed by atoms with van der Waals surface area (Å²) in [6.45, 7) is 8.59. The number of anilines is 1. The monoisotopic (exact) mass is 420 g/mol. The number of urea groups is 1. The summed E-state index contributed by atoms with van der Waals surface area (Å²) in [5.74, 6) is 1.91. The summed E-state index contributed by atoms with van der Waals surface area (Å²) >= 11 is 1.27. The third kappa shape index (κ3) is 5.53. The van der Waals surface area contributed by atoms with Crippen molar-refractivity contribution in [3.05, 3.63) is 24.2 Å². The Kier molecular flexibility index (Phi) is 7.18. The van der Waals surface area contributed by atoms with Gasteiger partial charge in [0.05, 0.1) is 18.1 Å². The third-order valence-corrected chi connectivity index (χ3v) is 5.96.